The number of halogens is 1. The maximum Gasteiger partial charge on any atom is 0.255 e. The maximum atomic E-state index is 13.1. The van der Waals surface area contributed by atoms with Gasteiger partial charge in [0.05, 0.1) is 5.56 Å². The van der Waals surface area contributed by atoms with Crippen LogP contribution in [0.25, 0.3) is 11.3 Å². The first-order valence-electron chi connectivity index (χ1n) is 8.19. The van der Waals surface area contributed by atoms with E-state index in [1.807, 2.05) is 17.9 Å². The summed E-state index contributed by atoms with van der Waals surface area (Å²) in [5.74, 6) is 0.909. The van der Waals surface area contributed by atoms with E-state index in [0.717, 1.165) is 30.0 Å². The topological polar surface area (TPSA) is 36.1 Å². The lowest BCUT2D eigenvalue weighted by Crippen LogP contribution is -2.42. The average molecular weight is 314 g/mol. The summed E-state index contributed by atoms with van der Waals surface area (Å²) in [7, 11) is 0. The molecule has 2 atom stereocenters. The van der Waals surface area contributed by atoms with Crippen molar-refractivity contribution in [1.82, 2.24) is 9.88 Å². The van der Waals surface area contributed by atoms with Gasteiger partial charge >= 0.3 is 0 Å². The molecule has 1 saturated heterocycles. The number of H-pyrrole nitrogens is 1. The van der Waals surface area contributed by atoms with Gasteiger partial charge in [0.2, 0.25) is 0 Å². The molecule has 1 N–H and O–H groups in total. The van der Waals surface area contributed by atoms with Crippen LogP contribution in [0.2, 0.25) is 0 Å². The Kier molecular flexibility index (Phi) is 4.24. The minimum Gasteiger partial charge on any atom is -0.358 e. The third-order valence-corrected chi connectivity index (χ3v) is 4.56. The van der Waals surface area contributed by atoms with Crippen LogP contribution in [-0.2, 0) is 0 Å². The number of hydrogen-bond acceptors (Lipinski definition) is 1. The second-order valence-electron chi connectivity index (χ2n) is 6.88. The number of nitrogens with zero attached hydrogens (tertiary/aromatic N) is 1. The molecular formula is C19H23FN2O. The molecule has 1 fully saturated rings. The van der Waals surface area contributed by atoms with Gasteiger partial charge in [-0.3, -0.25) is 4.79 Å². The van der Waals surface area contributed by atoms with E-state index in [1.54, 1.807) is 12.1 Å². The van der Waals surface area contributed by atoms with Crippen LogP contribution in [0.4, 0.5) is 4.39 Å². The van der Waals surface area contributed by atoms with Gasteiger partial charge in [0.15, 0.2) is 0 Å². The Morgan fingerprint density at radius 2 is 1.78 bits per heavy atom. The number of aryl methyl sites for hydroxylation is 1. The van der Waals surface area contributed by atoms with Gasteiger partial charge in [0.25, 0.3) is 5.91 Å². The van der Waals surface area contributed by atoms with Crippen LogP contribution in [0.15, 0.2) is 30.3 Å². The second kappa shape index (κ2) is 6.19. The summed E-state index contributed by atoms with van der Waals surface area (Å²) in [6, 6.07) is 8.19. The van der Waals surface area contributed by atoms with Gasteiger partial charge in [-0.2, -0.15) is 0 Å². The van der Waals surface area contributed by atoms with Gasteiger partial charge in [-0.15, -0.1) is 0 Å². The highest BCUT2D eigenvalue weighted by atomic mass is 19.1. The van der Waals surface area contributed by atoms with Gasteiger partial charge in [0, 0.05) is 24.5 Å². The fourth-order valence-corrected chi connectivity index (χ4v) is 3.56. The van der Waals surface area contributed by atoms with Crippen molar-refractivity contribution in [2.45, 2.75) is 27.2 Å². The molecule has 1 aliphatic rings. The van der Waals surface area contributed by atoms with Crippen LogP contribution < -0.4 is 0 Å². The number of carbonyl (C=O) groups is 1. The number of nitrogens with one attached hydrogen (secondary N) is 1. The molecule has 1 aromatic carbocycles. The largest absolute Gasteiger partial charge is 0.358 e. The van der Waals surface area contributed by atoms with Crippen molar-refractivity contribution < 1.29 is 9.18 Å². The lowest BCUT2D eigenvalue weighted by molar-refractivity contribution is 0.0622. The smallest absolute Gasteiger partial charge is 0.255 e. The Labute approximate surface area is 136 Å². The number of carbonyl (C=O) groups excluding carboxylic acids is 1. The predicted molar refractivity (Wildman–Crippen MR) is 89.8 cm³/mol. The predicted octanol–water partition coefficient (Wildman–Crippen LogP) is 4.25. The Morgan fingerprint density at radius 1 is 1.17 bits per heavy atom. The van der Waals surface area contributed by atoms with Crippen molar-refractivity contribution in [3.05, 3.63) is 47.4 Å². The number of amides is 1. The summed E-state index contributed by atoms with van der Waals surface area (Å²) in [5, 5.41) is 0. The molecule has 3 nitrogen and oxygen atoms in total. The van der Waals surface area contributed by atoms with Crippen LogP contribution in [0.1, 0.15) is 36.3 Å². The highest BCUT2D eigenvalue weighted by molar-refractivity contribution is 5.96. The molecule has 4 heteroatoms. The molecule has 0 radical (unpaired) electrons. The summed E-state index contributed by atoms with van der Waals surface area (Å²) in [5.41, 5.74) is 3.31. The van der Waals surface area contributed by atoms with E-state index in [-0.39, 0.29) is 11.7 Å². The van der Waals surface area contributed by atoms with E-state index in [0.29, 0.717) is 17.4 Å². The number of piperidine rings is 1. The molecule has 1 aliphatic heterocycles. The molecule has 122 valence electrons. The molecule has 0 aliphatic carbocycles. The van der Waals surface area contributed by atoms with E-state index >= 15 is 0 Å². The minimum atomic E-state index is -0.260. The van der Waals surface area contributed by atoms with Crippen molar-refractivity contribution in [2.75, 3.05) is 13.1 Å². The van der Waals surface area contributed by atoms with E-state index in [2.05, 4.69) is 18.8 Å². The van der Waals surface area contributed by atoms with Gasteiger partial charge in [0.1, 0.15) is 5.82 Å². The van der Waals surface area contributed by atoms with Crippen molar-refractivity contribution in [2.24, 2.45) is 11.8 Å². The highest BCUT2D eigenvalue weighted by Gasteiger charge is 2.27. The fourth-order valence-electron chi connectivity index (χ4n) is 3.56. The average Bonchev–Trinajstić information content (AvgIpc) is 2.88. The Balaban J connectivity index is 1.85. The molecular weight excluding hydrogens is 291 g/mol. The SMILES string of the molecule is Cc1[nH]c(-c2ccc(F)cc2)cc1C(=O)N1C[C@@H](C)C[C@H](C)C1. The lowest BCUT2D eigenvalue weighted by Gasteiger charge is -2.35. The molecule has 0 unspecified atom stereocenters. The summed E-state index contributed by atoms with van der Waals surface area (Å²) in [6.07, 6.45) is 1.18. The van der Waals surface area contributed by atoms with Crippen molar-refractivity contribution in [3.8, 4) is 11.3 Å². The molecule has 2 aromatic rings. The molecule has 0 spiro atoms. The van der Waals surface area contributed by atoms with Gasteiger partial charge < -0.3 is 9.88 Å². The van der Waals surface area contributed by atoms with Crippen LogP contribution >= 0.6 is 0 Å². The number of rotatable bonds is 2. The molecule has 3 rings (SSSR count). The summed E-state index contributed by atoms with van der Waals surface area (Å²) in [4.78, 5) is 18.1. The number of likely N-dealkylation sites (tertiary alicyclic amines) is 1. The molecule has 1 amide bonds. The Bertz CT molecular complexity index is 695. The Hall–Kier alpha value is -2.10. The molecule has 23 heavy (non-hydrogen) atoms. The number of benzene rings is 1. The van der Waals surface area contributed by atoms with E-state index in [4.69, 9.17) is 0 Å². The van der Waals surface area contributed by atoms with Gasteiger partial charge in [-0.05, 0) is 61.1 Å². The normalized spacial score (nSPS) is 21.5. The third-order valence-electron chi connectivity index (χ3n) is 4.56. The Morgan fingerprint density at radius 3 is 2.39 bits per heavy atom. The lowest BCUT2D eigenvalue weighted by atomic mass is 9.91. The molecule has 1 aromatic heterocycles. The summed E-state index contributed by atoms with van der Waals surface area (Å²) < 4.78 is 13.1. The van der Waals surface area contributed by atoms with Crippen molar-refractivity contribution in [3.63, 3.8) is 0 Å². The first kappa shape index (κ1) is 15.8. The monoisotopic (exact) mass is 314 g/mol. The quantitative estimate of drug-likeness (QED) is 0.884. The number of hydrogen-bond donors (Lipinski definition) is 1. The zero-order chi connectivity index (χ0) is 16.6. The molecule has 0 bridgehead atoms. The van der Waals surface area contributed by atoms with Crippen LogP contribution in [-0.4, -0.2) is 28.9 Å². The zero-order valence-corrected chi connectivity index (χ0v) is 13.9. The van der Waals surface area contributed by atoms with Crippen LogP contribution in [0, 0.1) is 24.6 Å². The van der Waals surface area contributed by atoms with E-state index in [1.165, 1.54) is 18.6 Å². The van der Waals surface area contributed by atoms with Gasteiger partial charge in [-0.1, -0.05) is 13.8 Å². The fraction of sp³-hybridized carbons (Fsp3) is 0.421. The summed E-state index contributed by atoms with van der Waals surface area (Å²) in [6.45, 7) is 7.95. The van der Waals surface area contributed by atoms with Crippen LogP contribution in [0.5, 0.6) is 0 Å². The zero-order valence-electron chi connectivity index (χ0n) is 13.9. The first-order chi connectivity index (χ1) is 10.9. The number of aromatic amines is 1. The standard InChI is InChI=1S/C19H23FN2O/c1-12-8-13(2)11-22(10-12)19(23)17-9-18(21-14(17)3)15-4-6-16(20)7-5-15/h4-7,9,12-13,21H,8,10-11H2,1-3H3/t12-,13-/m0/s1. The first-order valence-corrected chi connectivity index (χ1v) is 8.19. The number of aromatic nitrogens is 1. The van der Waals surface area contributed by atoms with Crippen molar-refractivity contribution >= 4 is 5.91 Å². The maximum absolute atomic E-state index is 13.1. The minimum absolute atomic E-state index is 0.0884. The molecule has 0 saturated carbocycles. The highest BCUT2D eigenvalue weighted by Crippen LogP contribution is 2.26. The van der Waals surface area contributed by atoms with E-state index in [9.17, 15) is 9.18 Å². The van der Waals surface area contributed by atoms with Crippen LogP contribution in [0.3, 0.4) is 0 Å². The molecule has 2 heterocycles. The summed E-state index contributed by atoms with van der Waals surface area (Å²) >= 11 is 0. The van der Waals surface area contributed by atoms with Gasteiger partial charge in [-0.25, -0.2) is 4.39 Å². The van der Waals surface area contributed by atoms with Crippen molar-refractivity contribution in [1.29, 1.82) is 0 Å². The van der Waals surface area contributed by atoms with E-state index < -0.39 is 0 Å². The second-order valence-corrected chi connectivity index (χ2v) is 6.88. The third kappa shape index (κ3) is 3.31.